The molecule has 0 amide bonds. The first-order valence-corrected chi connectivity index (χ1v) is 9.77. The summed E-state index contributed by atoms with van der Waals surface area (Å²) in [6, 6.07) is 0. The van der Waals surface area contributed by atoms with Gasteiger partial charge < -0.3 is 0 Å². The summed E-state index contributed by atoms with van der Waals surface area (Å²) < 4.78 is 0. The monoisotopic (exact) mass is 308 g/mol. The summed E-state index contributed by atoms with van der Waals surface area (Å²) in [7, 11) is 0. The highest BCUT2D eigenvalue weighted by Gasteiger charge is 2.28. The lowest BCUT2D eigenvalue weighted by Crippen LogP contribution is -2.27. The molecule has 0 aliphatic rings. The maximum atomic E-state index is 4.22. The highest BCUT2D eigenvalue weighted by Crippen LogP contribution is 2.37. The van der Waals surface area contributed by atoms with Crippen molar-refractivity contribution in [3.8, 4) is 0 Å². The summed E-state index contributed by atoms with van der Waals surface area (Å²) in [6.45, 7) is 25.6. The Morgan fingerprint density at radius 3 is 1.77 bits per heavy atom. The summed E-state index contributed by atoms with van der Waals surface area (Å²) in [6.07, 6.45) is 5.49. The highest BCUT2D eigenvalue weighted by molar-refractivity contribution is 4.98. The molecule has 5 atom stereocenters. The average molecular weight is 309 g/mol. The molecule has 22 heavy (non-hydrogen) atoms. The summed E-state index contributed by atoms with van der Waals surface area (Å²) in [5, 5.41) is 0. The number of allylic oxidation sites excluding steroid dienone is 1. The van der Waals surface area contributed by atoms with Crippen LogP contribution in [0.5, 0.6) is 0 Å². The van der Waals surface area contributed by atoms with E-state index in [1.54, 1.807) is 0 Å². The van der Waals surface area contributed by atoms with Crippen LogP contribution in [0.3, 0.4) is 0 Å². The smallest absolute Gasteiger partial charge is 0.0204 e. The van der Waals surface area contributed by atoms with E-state index in [1.807, 2.05) is 0 Å². The Balaban J connectivity index is 4.71. The van der Waals surface area contributed by atoms with E-state index in [1.165, 1.54) is 31.3 Å². The molecule has 0 aliphatic carbocycles. The van der Waals surface area contributed by atoms with Crippen molar-refractivity contribution in [1.82, 2.24) is 0 Å². The van der Waals surface area contributed by atoms with Crippen LogP contribution in [0.1, 0.15) is 88.0 Å². The van der Waals surface area contributed by atoms with Crippen molar-refractivity contribution >= 4 is 0 Å². The van der Waals surface area contributed by atoms with Crippen LogP contribution in [-0.2, 0) is 0 Å². The lowest BCUT2D eigenvalue weighted by molar-refractivity contribution is 0.168. The molecule has 0 heteroatoms. The molecule has 0 spiro atoms. The molecule has 0 aromatic carbocycles. The van der Waals surface area contributed by atoms with Crippen LogP contribution in [0, 0.1) is 41.4 Å². The third-order valence-corrected chi connectivity index (χ3v) is 5.86. The first-order chi connectivity index (χ1) is 10.1. The maximum Gasteiger partial charge on any atom is -0.0204 e. The molecule has 0 bridgehead atoms. The fraction of sp³-hybridized carbons (Fsp3) is 0.909. The van der Waals surface area contributed by atoms with Crippen LogP contribution in [0.25, 0.3) is 0 Å². The van der Waals surface area contributed by atoms with Crippen LogP contribution in [0.15, 0.2) is 12.2 Å². The van der Waals surface area contributed by atoms with E-state index in [2.05, 4.69) is 68.9 Å². The maximum absolute atomic E-state index is 4.22. The first-order valence-electron chi connectivity index (χ1n) is 9.77. The standard InChI is InChI=1S/C22H44/c1-11-12-21(16(4)5)14-18(8)13-19(9)22(17(6)7)20(10)15(2)3/h16-22H,2,11-14H2,1,3-10H3. The minimum atomic E-state index is 0.638. The van der Waals surface area contributed by atoms with Gasteiger partial charge in [0.2, 0.25) is 0 Å². The summed E-state index contributed by atoms with van der Waals surface area (Å²) in [5.41, 5.74) is 1.35. The van der Waals surface area contributed by atoms with Gasteiger partial charge in [-0.2, -0.15) is 0 Å². The summed E-state index contributed by atoms with van der Waals surface area (Å²) in [5.74, 6) is 5.51. The summed E-state index contributed by atoms with van der Waals surface area (Å²) in [4.78, 5) is 0. The van der Waals surface area contributed by atoms with Crippen LogP contribution in [0.2, 0.25) is 0 Å². The molecule has 132 valence electrons. The van der Waals surface area contributed by atoms with Gasteiger partial charge in [-0.3, -0.25) is 0 Å². The molecule has 0 saturated carbocycles. The molecule has 0 N–H and O–H groups in total. The molecule has 0 saturated heterocycles. The van der Waals surface area contributed by atoms with Crippen molar-refractivity contribution in [2.45, 2.75) is 88.0 Å². The Bertz CT molecular complexity index is 299. The van der Waals surface area contributed by atoms with Gasteiger partial charge in [-0.1, -0.05) is 80.4 Å². The predicted molar refractivity (Wildman–Crippen MR) is 103 cm³/mol. The second-order valence-electron chi connectivity index (χ2n) is 8.80. The fourth-order valence-corrected chi connectivity index (χ4v) is 4.55. The van der Waals surface area contributed by atoms with Crippen molar-refractivity contribution in [3.05, 3.63) is 12.2 Å². The second kappa shape index (κ2) is 10.5. The molecule has 0 heterocycles. The van der Waals surface area contributed by atoms with E-state index in [9.17, 15) is 0 Å². The number of rotatable bonds is 11. The minimum Gasteiger partial charge on any atom is -0.0999 e. The van der Waals surface area contributed by atoms with Gasteiger partial charge in [0, 0.05) is 0 Å². The predicted octanol–water partition coefficient (Wildman–Crippen LogP) is 7.60. The fourth-order valence-electron chi connectivity index (χ4n) is 4.55. The average Bonchev–Trinajstić information content (AvgIpc) is 2.37. The Labute approximate surface area is 142 Å². The molecule has 0 radical (unpaired) electrons. The van der Waals surface area contributed by atoms with Gasteiger partial charge in [0.25, 0.3) is 0 Å². The zero-order valence-corrected chi connectivity index (χ0v) is 17.1. The van der Waals surface area contributed by atoms with Crippen molar-refractivity contribution in [3.63, 3.8) is 0 Å². The topological polar surface area (TPSA) is 0 Å². The van der Waals surface area contributed by atoms with E-state index in [0.717, 1.165) is 35.5 Å². The third-order valence-electron chi connectivity index (χ3n) is 5.86. The van der Waals surface area contributed by atoms with Gasteiger partial charge in [-0.05, 0) is 61.2 Å². The Morgan fingerprint density at radius 1 is 0.864 bits per heavy atom. The minimum absolute atomic E-state index is 0.638. The lowest BCUT2D eigenvalue weighted by Gasteiger charge is -2.35. The SMILES string of the molecule is C=C(C)C(C)C(C(C)C)C(C)CC(C)CC(CCC)C(C)C. The molecule has 0 aromatic rings. The third kappa shape index (κ3) is 7.34. The zero-order chi connectivity index (χ0) is 17.4. The van der Waals surface area contributed by atoms with Crippen LogP contribution >= 0.6 is 0 Å². The van der Waals surface area contributed by atoms with Gasteiger partial charge >= 0.3 is 0 Å². The normalized spacial score (nSPS) is 19.0. The molecule has 0 aromatic heterocycles. The Hall–Kier alpha value is -0.260. The van der Waals surface area contributed by atoms with E-state index in [4.69, 9.17) is 0 Å². The van der Waals surface area contributed by atoms with E-state index < -0.39 is 0 Å². The van der Waals surface area contributed by atoms with Gasteiger partial charge in [0.1, 0.15) is 0 Å². The number of hydrogen-bond donors (Lipinski definition) is 0. The first kappa shape index (κ1) is 21.7. The lowest BCUT2D eigenvalue weighted by atomic mass is 9.70. The largest absolute Gasteiger partial charge is 0.0999 e. The molecular weight excluding hydrogens is 264 g/mol. The van der Waals surface area contributed by atoms with E-state index in [-0.39, 0.29) is 0 Å². The molecule has 0 aliphatic heterocycles. The van der Waals surface area contributed by atoms with Crippen LogP contribution < -0.4 is 0 Å². The molecule has 0 rings (SSSR count). The van der Waals surface area contributed by atoms with E-state index in [0.29, 0.717) is 5.92 Å². The number of hydrogen-bond acceptors (Lipinski definition) is 0. The van der Waals surface area contributed by atoms with Gasteiger partial charge in [-0.15, -0.1) is 0 Å². The van der Waals surface area contributed by atoms with Crippen LogP contribution in [0.4, 0.5) is 0 Å². The van der Waals surface area contributed by atoms with Crippen molar-refractivity contribution in [2.75, 3.05) is 0 Å². The van der Waals surface area contributed by atoms with Gasteiger partial charge in [-0.25, -0.2) is 0 Å². The highest BCUT2D eigenvalue weighted by atomic mass is 14.3. The van der Waals surface area contributed by atoms with Crippen LogP contribution in [-0.4, -0.2) is 0 Å². The summed E-state index contributed by atoms with van der Waals surface area (Å²) >= 11 is 0. The molecule has 0 nitrogen and oxygen atoms in total. The second-order valence-corrected chi connectivity index (χ2v) is 8.80. The van der Waals surface area contributed by atoms with Crippen molar-refractivity contribution in [2.24, 2.45) is 41.4 Å². The molecular formula is C22H44. The van der Waals surface area contributed by atoms with Crippen molar-refractivity contribution < 1.29 is 0 Å². The quantitative estimate of drug-likeness (QED) is 0.345. The van der Waals surface area contributed by atoms with Crippen molar-refractivity contribution in [1.29, 1.82) is 0 Å². The molecule has 0 fully saturated rings. The van der Waals surface area contributed by atoms with Gasteiger partial charge in [0.15, 0.2) is 0 Å². The Morgan fingerprint density at radius 2 is 1.41 bits per heavy atom. The zero-order valence-electron chi connectivity index (χ0n) is 17.1. The van der Waals surface area contributed by atoms with E-state index >= 15 is 0 Å². The Kier molecular flexibility index (Phi) is 10.4. The molecule has 5 unspecified atom stereocenters. The van der Waals surface area contributed by atoms with Gasteiger partial charge in [0.05, 0.1) is 0 Å².